The summed E-state index contributed by atoms with van der Waals surface area (Å²) in [6.45, 7) is 9.67. The van der Waals surface area contributed by atoms with Gasteiger partial charge in [-0.1, -0.05) is 20.8 Å². The van der Waals surface area contributed by atoms with Crippen molar-refractivity contribution in [2.45, 2.75) is 51.6 Å². The van der Waals surface area contributed by atoms with Crippen LogP contribution in [0.25, 0.3) is 0 Å². The Balaban J connectivity index is 2.06. The number of hydrogen-bond donors (Lipinski definition) is 2. The molecule has 2 rings (SSSR count). The number of nitrogens with zero attached hydrogens (tertiary/aromatic N) is 3. The van der Waals surface area contributed by atoms with Crippen molar-refractivity contribution in [3.63, 3.8) is 0 Å². The number of nitriles is 1. The number of nitrogens with one attached hydrogen (secondary N) is 2. The highest BCUT2D eigenvalue weighted by Crippen LogP contribution is 2.24. The maximum atomic E-state index is 13.0. The van der Waals surface area contributed by atoms with E-state index >= 15 is 0 Å². The minimum atomic E-state index is -0.858. The van der Waals surface area contributed by atoms with E-state index in [-0.39, 0.29) is 17.4 Å². The average molecular weight is 380 g/mol. The van der Waals surface area contributed by atoms with Gasteiger partial charge in [-0.2, -0.15) is 5.26 Å². The number of ether oxygens (including phenoxy) is 1. The number of hydrogen-bond acceptors (Lipinski definition) is 5. The molecule has 152 valence electrons. The zero-order chi connectivity index (χ0) is 20.1. The summed E-state index contributed by atoms with van der Waals surface area (Å²) in [5, 5.41) is 15.5. The first-order valence-corrected chi connectivity index (χ1v) is 9.69. The Morgan fingerprint density at radius 3 is 2.30 bits per heavy atom. The summed E-state index contributed by atoms with van der Waals surface area (Å²) in [7, 11) is 2.01. The number of piperidine rings is 1. The van der Waals surface area contributed by atoms with Gasteiger partial charge in [-0.15, -0.1) is 0 Å². The Kier molecular flexibility index (Phi) is 7.06. The third kappa shape index (κ3) is 6.36. The normalized spacial score (nSPS) is 21.8. The van der Waals surface area contributed by atoms with Gasteiger partial charge in [0.15, 0.2) is 0 Å². The van der Waals surface area contributed by atoms with Crippen LogP contribution in [-0.4, -0.2) is 79.8 Å². The summed E-state index contributed by atoms with van der Waals surface area (Å²) >= 11 is 0. The molecule has 0 saturated carbocycles. The topological polar surface area (TPSA) is 97.7 Å². The van der Waals surface area contributed by atoms with Crippen LogP contribution in [0.2, 0.25) is 0 Å². The summed E-state index contributed by atoms with van der Waals surface area (Å²) < 4.78 is 5.28. The molecular formula is C19H33N5O3. The number of rotatable bonds is 4. The maximum Gasteiger partial charge on any atom is 0.318 e. The molecule has 3 amide bonds. The Bertz CT molecular complexity index is 567. The lowest BCUT2D eigenvalue weighted by Crippen LogP contribution is -2.60. The van der Waals surface area contributed by atoms with Gasteiger partial charge in [0, 0.05) is 26.2 Å². The van der Waals surface area contributed by atoms with Gasteiger partial charge in [0.05, 0.1) is 19.3 Å². The molecule has 2 saturated heterocycles. The third-order valence-corrected chi connectivity index (χ3v) is 5.15. The second kappa shape index (κ2) is 8.89. The molecular weight excluding hydrogens is 346 g/mol. The van der Waals surface area contributed by atoms with Crippen molar-refractivity contribution in [3.05, 3.63) is 0 Å². The zero-order valence-corrected chi connectivity index (χ0v) is 17.0. The predicted molar refractivity (Wildman–Crippen MR) is 102 cm³/mol. The standard InChI is InChI=1S/C19H33N5O3/c1-18(2,3)13-15(21-17(26)24-9-11-27-12-10-24)16(25)22-19(14-20)5-7-23(4)8-6-19/h15H,5-13H2,1-4H3,(H,21,26)(H,22,25)/t15-/m0/s1. The average Bonchev–Trinajstić information content (AvgIpc) is 2.63. The van der Waals surface area contributed by atoms with E-state index in [0.717, 1.165) is 13.1 Å². The van der Waals surface area contributed by atoms with Crippen LogP contribution in [0.3, 0.4) is 0 Å². The van der Waals surface area contributed by atoms with Gasteiger partial charge < -0.3 is 25.2 Å². The molecule has 2 heterocycles. The highest BCUT2D eigenvalue weighted by Gasteiger charge is 2.38. The van der Waals surface area contributed by atoms with E-state index in [2.05, 4.69) is 21.6 Å². The fraction of sp³-hybridized carbons (Fsp3) is 0.842. The number of likely N-dealkylation sites (tertiary alicyclic amines) is 1. The Morgan fingerprint density at radius 1 is 1.19 bits per heavy atom. The third-order valence-electron chi connectivity index (χ3n) is 5.15. The van der Waals surface area contributed by atoms with Crippen molar-refractivity contribution in [1.82, 2.24) is 20.4 Å². The van der Waals surface area contributed by atoms with Gasteiger partial charge in [-0.3, -0.25) is 4.79 Å². The highest BCUT2D eigenvalue weighted by molar-refractivity contribution is 5.87. The zero-order valence-electron chi connectivity index (χ0n) is 17.0. The summed E-state index contributed by atoms with van der Waals surface area (Å²) in [5.41, 5.74) is -1.00. The van der Waals surface area contributed by atoms with Crippen molar-refractivity contribution in [2.75, 3.05) is 46.4 Å². The first-order chi connectivity index (χ1) is 12.6. The summed E-state index contributed by atoms with van der Waals surface area (Å²) in [6.07, 6.45) is 1.67. The van der Waals surface area contributed by atoms with Crippen molar-refractivity contribution in [1.29, 1.82) is 5.26 Å². The highest BCUT2D eigenvalue weighted by atomic mass is 16.5. The van der Waals surface area contributed by atoms with Crippen molar-refractivity contribution >= 4 is 11.9 Å². The predicted octanol–water partition coefficient (Wildman–Crippen LogP) is 0.937. The molecule has 0 aromatic heterocycles. The van der Waals surface area contributed by atoms with Crippen LogP contribution in [0.4, 0.5) is 4.79 Å². The van der Waals surface area contributed by atoms with E-state index < -0.39 is 11.6 Å². The van der Waals surface area contributed by atoms with Crippen molar-refractivity contribution < 1.29 is 14.3 Å². The second-order valence-corrected chi connectivity index (χ2v) is 8.85. The monoisotopic (exact) mass is 379 g/mol. The van der Waals surface area contributed by atoms with E-state index in [9.17, 15) is 14.9 Å². The first-order valence-electron chi connectivity index (χ1n) is 9.69. The molecule has 0 spiro atoms. The summed E-state index contributed by atoms with van der Waals surface area (Å²) in [6, 6.07) is 1.38. The molecule has 27 heavy (non-hydrogen) atoms. The fourth-order valence-electron chi connectivity index (χ4n) is 3.42. The first kappa shape index (κ1) is 21.5. The molecule has 2 N–H and O–H groups in total. The van der Waals surface area contributed by atoms with Crippen LogP contribution in [0.1, 0.15) is 40.0 Å². The Hall–Kier alpha value is -1.85. The lowest BCUT2D eigenvalue weighted by molar-refractivity contribution is -0.125. The fourth-order valence-corrected chi connectivity index (χ4v) is 3.42. The van der Waals surface area contributed by atoms with Gasteiger partial charge in [-0.25, -0.2) is 4.79 Å². The minimum Gasteiger partial charge on any atom is -0.378 e. The van der Waals surface area contributed by atoms with Crippen LogP contribution in [0.5, 0.6) is 0 Å². The van der Waals surface area contributed by atoms with Crippen LogP contribution in [0, 0.1) is 16.7 Å². The molecule has 0 aromatic rings. The molecule has 2 aliphatic rings. The Morgan fingerprint density at radius 2 is 1.78 bits per heavy atom. The molecule has 8 heteroatoms. The molecule has 2 aliphatic heterocycles. The molecule has 1 atom stereocenters. The molecule has 0 unspecified atom stereocenters. The van der Waals surface area contributed by atoms with Crippen LogP contribution < -0.4 is 10.6 Å². The lowest BCUT2D eigenvalue weighted by atomic mass is 9.85. The maximum absolute atomic E-state index is 13.0. The van der Waals surface area contributed by atoms with E-state index in [1.807, 2.05) is 27.8 Å². The van der Waals surface area contributed by atoms with E-state index in [1.165, 1.54) is 0 Å². The van der Waals surface area contributed by atoms with E-state index in [1.54, 1.807) is 4.90 Å². The van der Waals surface area contributed by atoms with Gasteiger partial charge in [0.1, 0.15) is 11.6 Å². The quantitative estimate of drug-likeness (QED) is 0.757. The number of carbonyl (C=O) groups is 2. The molecule has 0 bridgehead atoms. The smallest absolute Gasteiger partial charge is 0.318 e. The molecule has 0 aromatic carbocycles. The minimum absolute atomic E-state index is 0.146. The van der Waals surface area contributed by atoms with Crippen LogP contribution in [-0.2, 0) is 9.53 Å². The lowest BCUT2D eigenvalue weighted by Gasteiger charge is -2.38. The Labute approximate surface area is 162 Å². The number of morpholine rings is 1. The van der Waals surface area contributed by atoms with Crippen molar-refractivity contribution in [2.24, 2.45) is 5.41 Å². The summed E-state index contributed by atoms with van der Waals surface area (Å²) in [5.74, 6) is -0.280. The van der Waals surface area contributed by atoms with Gasteiger partial charge in [0.2, 0.25) is 5.91 Å². The molecule has 2 fully saturated rings. The van der Waals surface area contributed by atoms with Gasteiger partial charge in [0.25, 0.3) is 0 Å². The number of amides is 3. The molecule has 8 nitrogen and oxygen atoms in total. The van der Waals surface area contributed by atoms with Crippen LogP contribution >= 0.6 is 0 Å². The largest absolute Gasteiger partial charge is 0.378 e. The van der Waals surface area contributed by atoms with E-state index in [4.69, 9.17) is 4.74 Å². The van der Waals surface area contributed by atoms with Crippen molar-refractivity contribution in [3.8, 4) is 6.07 Å². The SMILES string of the molecule is CN1CCC(C#N)(NC(=O)[C@H](CC(C)(C)C)NC(=O)N2CCOCC2)CC1. The second-order valence-electron chi connectivity index (χ2n) is 8.85. The van der Waals surface area contributed by atoms with Gasteiger partial charge in [-0.05, 0) is 31.7 Å². The number of urea groups is 1. The van der Waals surface area contributed by atoms with E-state index in [0.29, 0.717) is 45.6 Å². The van der Waals surface area contributed by atoms with Crippen LogP contribution in [0.15, 0.2) is 0 Å². The molecule has 0 radical (unpaired) electrons. The molecule has 0 aliphatic carbocycles. The van der Waals surface area contributed by atoms with Gasteiger partial charge >= 0.3 is 6.03 Å². The number of carbonyl (C=O) groups excluding carboxylic acids is 2. The summed E-state index contributed by atoms with van der Waals surface area (Å²) in [4.78, 5) is 29.4.